The van der Waals surface area contributed by atoms with Crippen molar-refractivity contribution in [3.8, 4) is 17.3 Å². The highest BCUT2D eigenvalue weighted by molar-refractivity contribution is 5.82. The number of rotatable bonds is 8. The van der Waals surface area contributed by atoms with Crippen molar-refractivity contribution in [2.24, 2.45) is 0 Å². The van der Waals surface area contributed by atoms with E-state index in [1.54, 1.807) is 18.3 Å². The second-order valence-electron chi connectivity index (χ2n) is 9.05. The number of carbonyl (C=O) groups is 1. The highest BCUT2D eigenvalue weighted by Gasteiger charge is 2.24. The van der Waals surface area contributed by atoms with Crippen LogP contribution in [-0.2, 0) is 17.6 Å². The Morgan fingerprint density at radius 1 is 1.32 bits per heavy atom. The van der Waals surface area contributed by atoms with E-state index in [2.05, 4.69) is 10.3 Å². The van der Waals surface area contributed by atoms with Crippen molar-refractivity contribution in [2.75, 3.05) is 25.1 Å². The third-order valence-corrected chi connectivity index (χ3v) is 5.04. The summed E-state index contributed by atoms with van der Waals surface area (Å²) < 4.78 is 5.68. The molecule has 31 heavy (non-hydrogen) atoms. The van der Waals surface area contributed by atoms with Gasteiger partial charge in [-0.1, -0.05) is 6.92 Å². The molecule has 0 saturated carbocycles. The van der Waals surface area contributed by atoms with Gasteiger partial charge in [-0.05, 0) is 52.5 Å². The van der Waals surface area contributed by atoms with Gasteiger partial charge in [0.15, 0.2) is 5.82 Å². The van der Waals surface area contributed by atoms with Crippen LogP contribution in [-0.4, -0.2) is 57.8 Å². The second-order valence-corrected chi connectivity index (χ2v) is 9.05. The topological polar surface area (TPSA) is 100 Å². The number of fused-ring (bicyclic) bond motifs is 1. The molecule has 0 aromatic carbocycles. The van der Waals surface area contributed by atoms with Crippen molar-refractivity contribution in [2.45, 2.75) is 65.0 Å². The molecule has 8 heteroatoms. The predicted molar refractivity (Wildman–Crippen MR) is 120 cm³/mol. The summed E-state index contributed by atoms with van der Waals surface area (Å²) in [5.74, 6) is 1.85. The second kappa shape index (κ2) is 9.60. The monoisotopic (exact) mass is 427 g/mol. The Morgan fingerprint density at radius 2 is 2.10 bits per heavy atom. The number of amides is 1. The van der Waals surface area contributed by atoms with E-state index in [1.807, 2.05) is 39.6 Å². The number of nitrogens with one attached hydrogen (secondary N) is 1. The van der Waals surface area contributed by atoms with E-state index in [0.717, 1.165) is 36.3 Å². The molecule has 2 N–H and O–H groups in total. The summed E-state index contributed by atoms with van der Waals surface area (Å²) in [6.45, 7) is 8.24. The standard InChI is InChI=1S/C23H33N5O3/c1-6-15(29)14-31-16-10-11-24-19(12-16)21-25-18-9-7-8-17(18)22(26-21)28(5)13-20(30)27-23(2,3)4/h10-12,15,29H,6-9,13-14H2,1-5H3,(H,27,30)/t15-/m1/s1. The van der Waals surface area contributed by atoms with Crippen LogP contribution in [0.2, 0.25) is 0 Å². The van der Waals surface area contributed by atoms with Crippen LogP contribution in [0.4, 0.5) is 5.82 Å². The normalized spacial score (nSPS) is 14.1. The van der Waals surface area contributed by atoms with E-state index >= 15 is 0 Å². The van der Waals surface area contributed by atoms with Gasteiger partial charge in [-0.2, -0.15) is 0 Å². The SMILES string of the molecule is CC[C@@H](O)COc1ccnc(-c2nc3c(c(N(C)CC(=O)NC(C)(C)C)n2)CCC3)c1. The van der Waals surface area contributed by atoms with E-state index in [0.29, 0.717) is 23.7 Å². The average molecular weight is 428 g/mol. The molecule has 0 unspecified atom stereocenters. The summed E-state index contributed by atoms with van der Waals surface area (Å²) in [6, 6.07) is 3.54. The van der Waals surface area contributed by atoms with Crippen molar-refractivity contribution in [3.63, 3.8) is 0 Å². The molecule has 0 aliphatic heterocycles. The molecule has 2 heterocycles. The number of ether oxygens (including phenoxy) is 1. The fraction of sp³-hybridized carbons (Fsp3) is 0.565. The van der Waals surface area contributed by atoms with Crippen LogP contribution in [0.1, 0.15) is 51.8 Å². The first kappa shape index (κ1) is 22.9. The van der Waals surface area contributed by atoms with Crippen LogP contribution in [0.5, 0.6) is 5.75 Å². The van der Waals surface area contributed by atoms with E-state index in [1.165, 1.54) is 0 Å². The molecular weight excluding hydrogens is 394 g/mol. The molecule has 0 spiro atoms. The van der Waals surface area contributed by atoms with E-state index in [9.17, 15) is 9.90 Å². The molecule has 0 fully saturated rings. The molecule has 0 bridgehead atoms. The van der Waals surface area contributed by atoms with Crippen LogP contribution in [0, 0.1) is 0 Å². The third-order valence-electron chi connectivity index (χ3n) is 5.04. The lowest BCUT2D eigenvalue weighted by atomic mass is 10.1. The molecule has 2 aromatic heterocycles. The Hall–Kier alpha value is -2.74. The van der Waals surface area contributed by atoms with Crippen molar-refractivity contribution < 1.29 is 14.6 Å². The molecule has 3 rings (SSSR count). The molecule has 168 valence electrons. The van der Waals surface area contributed by atoms with Gasteiger partial charge in [0.05, 0.1) is 12.6 Å². The number of likely N-dealkylation sites (N-methyl/N-ethyl adjacent to an activating group) is 1. The molecule has 0 saturated heterocycles. The largest absolute Gasteiger partial charge is 0.491 e. The number of hydrogen-bond acceptors (Lipinski definition) is 7. The number of aliphatic hydroxyl groups is 1. The first-order valence-corrected chi connectivity index (χ1v) is 10.9. The van der Waals surface area contributed by atoms with Gasteiger partial charge in [-0.25, -0.2) is 9.97 Å². The fourth-order valence-corrected chi connectivity index (χ4v) is 3.52. The number of aromatic nitrogens is 3. The van der Waals surface area contributed by atoms with Gasteiger partial charge < -0.3 is 20.1 Å². The Kier molecular flexibility index (Phi) is 7.10. The van der Waals surface area contributed by atoms with Crippen molar-refractivity contribution in [1.29, 1.82) is 0 Å². The van der Waals surface area contributed by atoms with Crippen LogP contribution < -0.4 is 15.0 Å². The maximum Gasteiger partial charge on any atom is 0.239 e. The highest BCUT2D eigenvalue weighted by Crippen LogP contribution is 2.31. The lowest BCUT2D eigenvalue weighted by Gasteiger charge is -2.25. The van der Waals surface area contributed by atoms with Crippen molar-refractivity contribution in [3.05, 3.63) is 29.6 Å². The molecular formula is C23H33N5O3. The third kappa shape index (κ3) is 6.13. The summed E-state index contributed by atoms with van der Waals surface area (Å²) >= 11 is 0. The number of anilines is 1. The van der Waals surface area contributed by atoms with Crippen molar-refractivity contribution >= 4 is 11.7 Å². The molecule has 1 aliphatic rings. The Bertz CT molecular complexity index is 926. The summed E-state index contributed by atoms with van der Waals surface area (Å²) in [5, 5.41) is 12.7. The lowest BCUT2D eigenvalue weighted by Crippen LogP contribution is -2.45. The van der Waals surface area contributed by atoms with Crippen LogP contribution in [0.25, 0.3) is 11.5 Å². The molecule has 2 aromatic rings. The van der Waals surface area contributed by atoms with Gasteiger partial charge in [0, 0.05) is 36.1 Å². The maximum absolute atomic E-state index is 12.4. The zero-order chi connectivity index (χ0) is 22.6. The number of hydrogen-bond donors (Lipinski definition) is 2. The molecule has 8 nitrogen and oxygen atoms in total. The summed E-state index contributed by atoms with van der Waals surface area (Å²) in [5.41, 5.74) is 2.43. The van der Waals surface area contributed by atoms with Gasteiger partial charge in [0.2, 0.25) is 5.91 Å². The Morgan fingerprint density at radius 3 is 2.81 bits per heavy atom. The molecule has 1 aliphatic carbocycles. The minimum atomic E-state index is -0.507. The van der Waals surface area contributed by atoms with Gasteiger partial charge in [0.1, 0.15) is 23.9 Å². The summed E-state index contributed by atoms with van der Waals surface area (Å²) in [7, 11) is 1.88. The predicted octanol–water partition coefficient (Wildman–Crippen LogP) is 2.53. The fourth-order valence-electron chi connectivity index (χ4n) is 3.52. The average Bonchev–Trinajstić information content (AvgIpc) is 3.18. The van der Waals surface area contributed by atoms with Crippen LogP contribution in [0.3, 0.4) is 0 Å². The van der Waals surface area contributed by atoms with Crippen LogP contribution >= 0.6 is 0 Å². The smallest absolute Gasteiger partial charge is 0.239 e. The molecule has 0 radical (unpaired) electrons. The Labute approximate surface area is 184 Å². The van der Waals surface area contributed by atoms with Crippen molar-refractivity contribution in [1.82, 2.24) is 20.3 Å². The van der Waals surface area contributed by atoms with Crippen LogP contribution in [0.15, 0.2) is 18.3 Å². The van der Waals surface area contributed by atoms with Gasteiger partial charge in [-0.3, -0.25) is 9.78 Å². The zero-order valence-corrected chi connectivity index (χ0v) is 19.1. The van der Waals surface area contributed by atoms with E-state index in [-0.39, 0.29) is 24.6 Å². The molecule has 1 atom stereocenters. The number of pyridine rings is 1. The van der Waals surface area contributed by atoms with E-state index in [4.69, 9.17) is 14.7 Å². The summed E-state index contributed by atoms with van der Waals surface area (Å²) in [6.07, 6.45) is 4.59. The van der Waals surface area contributed by atoms with Gasteiger partial charge in [-0.15, -0.1) is 0 Å². The minimum Gasteiger partial charge on any atom is -0.491 e. The number of aliphatic hydroxyl groups excluding tert-OH is 1. The number of aryl methyl sites for hydroxylation is 1. The first-order valence-electron chi connectivity index (χ1n) is 10.9. The highest BCUT2D eigenvalue weighted by atomic mass is 16.5. The summed E-state index contributed by atoms with van der Waals surface area (Å²) in [4.78, 5) is 28.3. The Balaban J connectivity index is 1.86. The maximum atomic E-state index is 12.4. The van der Waals surface area contributed by atoms with E-state index < -0.39 is 6.10 Å². The minimum absolute atomic E-state index is 0.0510. The molecule has 1 amide bonds. The number of nitrogens with zero attached hydrogens (tertiary/aromatic N) is 4. The quantitative estimate of drug-likeness (QED) is 0.668. The first-order chi connectivity index (χ1) is 14.7. The van der Waals surface area contributed by atoms with Gasteiger partial charge >= 0.3 is 0 Å². The lowest BCUT2D eigenvalue weighted by molar-refractivity contribution is -0.121. The number of carbonyl (C=O) groups excluding carboxylic acids is 1. The van der Waals surface area contributed by atoms with Gasteiger partial charge in [0.25, 0.3) is 0 Å². The zero-order valence-electron chi connectivity index (χ0n) is 19.1.